The second kappa shape index (κ2) is 8.23. The monoisotopic (exact) mass is 473 g/mol. The fourth-order valence-electron chi connectivity index (χ4n) is 4.72. The number of nitrogens with zero attached hydrogens (tertiary/aromatic N) is 2. The maximum Gasteiger partial charge on any atom is 0.452 e. The van der Waals surface area contributed by atoms with Crippen LogP contribution < -0.4 is 16.1 Å². The second-order valence-electron chi connectivity index (χ2n) is 8.93. The van der Waals surface area contributed by atoms with Crippen LogP contribution in [0.2, 0.25) is 0 Å². The summed E-state index contributed by atoms with van der Waals surface area (Å²) in [5.41, 5.74) is 1.39. The molecule has 2 bridgehead atoms. The molecular weight excluding hydrogens is 451 g/mol. The number of aromatic nitrogens is 1. The second-order valence-corrected chi connectivity index (χ2v) is 8.93. The molecule has 1 aromatic heterocycles. The van der Waals surface area contributed by atoms with Crippen LogP contribution in [-0.2, 0) is 15.8 Å². The molecule has 5 rings (SSSR count). The molecule has 0 spiro atoms. The molecule has 4 N–H and O–H groups in total. The topological polar surface area (TPSA) is 154 Å². The van der Waals surface area contributed by atoms with Crippen molar-refractivity contribution >= 4 is 23.8 Å². The highest BCUT2D eigenvalue weighted by atomic mass is 19.4. The van der Waals surface area contributed by atoms with Gasteiger partial charge in [-0.05, 0) is 43.4 Å². The third-order valence-corrected chi connectivity index (χ3v) is 6.49. The van der Waals surface area contributed by atoms with Crippen molar-refractivity contribution in [3.8, 4) is 0 Å². The normalized spacial score (nSPS) is 26.5. The molecule has 4 fully saturated rings. The Morgan fingerprint density at radius 2 is 2.03 bits per heavy atom. The number of amides is 4. The molecule has 2 atom stereocenters. The highest BCUT2D eigenvalue weighted by Gasteiger charge is 2.57. The van der Waals surface area contributed by atoms with Crippen LogP contribution in [0.4, 0.5) is 18.0 Å². The summed E-state index contributed by atoms with van der Waals surface area (Å²) in [6.45, 7) is 0.115. The zero-order valence-corrected chi connectivity index (χ0v) is 17.3. The van der Waals surface area contributed by atoms with E-state index in [2.05, 4.69) is 25.7 Å². The highest BCUT2D eigenvalue weighted by molar-refractivity contribution is 5.96. The van der Waals surface area contributed by atoms with E-state index in [1.807, 2.05) is 0 Å². The molecule has 33 heavy (non-hydrogen) atoms. The smallest absolute Gasteiger partial charge is 0.452 e. The summed E-state index contributed by atoms with van der Waals surface area (Å²) < 4.78 is 42.3. The Balaban J connectivity index is 1.45. The summed E-state index contributed by atoms with van der Waals surface area (Å²) >= 11 is 0. The van der Waals surface area contributed by atoms with Crippen molar-refractivity contribution in [2.24, 2.45) is 17.3 Å². The van der Waals surface area contributed by atoms with Gasteiger partial charge in [0.2, 0.25) is 11.7 Å². The first kappa shape index (κ1) is 22.9. The quantitative estimate of drug-likeness (QED) is 0.433. The molecule has 1 saturated heterocycles. The molecule has 3 saturated carbocycles. The van der Waals surface area contributed by atoms with Gasteiger partial charge in [0.1, 0.15) is 6.04 Å². The van der Waals surface area contributed by atoms with Crippen LogP contribution in [0.1, 0.15) is 48.4 Å². The molecule has 3 aliphatic carbocycles. The lowest BCUT2D eigenvalue weighted by atomic mass is 9.43. The van der Waals surface area contributed by atoms with Crippen LogP contribution in [0.25, 0.3) is 0 Å². The zero-order chi connectivity index (χ0) is 24.0. The van der Waals surface area contributed by atoms with Gasteiger partial charge in [-0.1, -0.05) is 5.16 Å². The molecule has 4 aliphatic rings. The predicted molar refractivity (Wildman–Crippen MR) is 101 cm³/mol. The molecule has 1 aliphatic heterocycles. The molecule has 1 aromatic rings. The van der Waals surface area contributed by atoms with E-state index in [4.69, 9.17) is 0 Å². The van der Waals surface area contributed by atoms with Gasteiger partial charge >= 0.3 is 12.3 Å². The number of nitrogens with one attached hydrogen (secondary N) is 3. The van der Waals surface area contributed by atoms with Gasteiger partial charge in [0.25, 0.3) is 11.8 Å². The molecular formula is C19H22F3N5O6. The van der Waals surface area contributed by atoms with E-state index in [1.54, 1.807) is 0 Å². The summed E-state index contributed by atoms with van der Waals surface area (Å²) in [7, 11) is 0. The lowest BCUT2D eigenvalue weighted by Crippen LogP contribution is -2.60. The number of carbonyl (C=O) groups is 4. The Hall–Kier alpha value is -3.32. The van der Waals surface area contributed by atoms with Crippen LogP contribution in [0.5, 0.6) is 0 Å². The standard InChI is InChI=1S/C19H22F3N5O6/c20-19(21,22)13-3-11(26-33-13)15(29)24-12(7-18-4-9(5-18)6-18)16(30)25-27(17(31)32)8-10-1-2-23-14(10)28/h3,9-10,12H,1-2,4-8H2,(H,23,28)(H,24,29)(H,25,30)(H,31,32). The van der Waals surface area contributed by atoms with Crippen molar-refractivity contribution in [2.45, 2.75) is 44.3 Å². The van der Waals surface area contributed by atoms with Crippen molar-refractivity contribution in [2.75, 3.05) is 13.1 Å². The Bertz CT molecular complexity index is 962. The number of carboxylic acid groups (broad SMARTS) is 1. The minimum absolute atomic E-state index is 0.166. The SMILES string of the molecule is O=C(NC(CC12CC(C1)C2)C(=O)NN(CC1CCNC1=O)C(=O)O)c1cc(C(F)(F)F)on1. The fourth-order valence-corrected chi connectivity index (χ4v) is 4.72. The van der Waals surface area contributed by atoms with Gasteiger partial charge in [-0.2, -0.15) is 13.2 Å². The van der Waals surface area contributed by atoms with Gasteiger partial charge in [0, 0.05) is 12.6 Å². The van der Waals surface area contributed by atoms with E-state index >= 15 is 0 Å². The summed E-state index contributed by atoms with van der Waals surface area (Å²) in [4.78, 5) is 48.8. The van der Waals surface area contributed by atoms with Gasteiger partial charge in [-0.15, -0.1) is 0 Å². The molecule has 4 amide bonds. The number of hydrogen-bond acceptors (Lipinski definition) is 6. The first-order chi connectivity index (χ1) is 15.5. The minimum atomic E-state index is -4.83. The Morgan fingerprint density at radius 3 is 2.52 bits per heavy atom. The van der Waals surface area contributed by atoms with Crippen LogP contribution in [0.3, 0.4) is 0 Å². The highest BCUT2D eigenvalue weighted by Crippen LogP contribution is 2.66. The number of halogens is 3. The summed E-state index contributed by atoms with van der Waals surface area (Å²) in [6.07, 6.45) is -3.15. The van der Waals surface area contributed by atoms with E-state index in [1.165, 1.54) is 0 Å². The van der Waals surface area contributed by atoms with E-state index < -0.39 is 47.5 Å². The summed E-state index contributed by atoms with van der Waals surface area (Å²) in [5.74, 6) is -3.78. The van der Waals surface area contributed by atoms with Crippen molar-refractivity contribution in [3.63, 3.8) is 0 Å². The van der Waals surface area contributed by atoms with Gasteiger partial charge in [-0.3, -0.25) is 19.8 Å². The third kappa shape index (κ3) is 4.73. The Kier molecular flexibility index (Phi) is 5.70. The first-order valence-electron chi connectivity index (χ1n) is 10.4. The van der Waals surface area contributed by atoms with Gasteiger partial charge in [0.05, 0.1) is 12.5 Å². The fraction of sp³-hybridized carbons (Fsp3) is 0.632. The Labute approximate surface area is 185 Å². The first-order valence-corrected chi connectivity index (χ1v) is 10.4. The molecule has 180 valence electrons. The number of rotatable bonds is 7. The minimum Gasteiger partial charge on any atom is -0.464 e. The van der Waals surface area contributed by atoms with Crippen molar-refractivity contribution in [3.05, 3.63) is 17.5 Å². The van der Waals surface area contributed by atoms with Gasteiger partial charge in [0.15, 0.2) is 5.69 Å². The number of carbonyl (C=O) groups excluding carboxylic acids is 3. The van der Waals surface area contributed by atoms with Crippen molar-refractivity contribution in [1.29, 1.82) is 0 Å². The van der Waals surface area contributed by atoms with E-state index in [-0.39, 0.29) is 24.3 Å². The Morgan fingerprint density at radius 1 is 1.33 bits per heavy atom. The largest absolute Gasteiger partial charge is 0.464 e. The molecule has 2 heterocycles. The summed E-state index contributed by atoms with van der Waals surface area (Å²) in [6, 6.07) is -0.794. The lowest BCUT2D eigenvalue weighted by molar-refractivity contribution is -0.155. The van der Waals surface area contributed by atoms with Crippen LogP contribution in [0, 0.1) is 17.3 Å². The van der Waals surface area contributed by atoms with Crippen molar-refractivity contribution < 1.29 is 42.0 Å². The van der Waals surface area contributed by atoms with Crippen LogP contribution >= 0.6 is 0 Å². The zero-order valence-electron chi connectivity index (χ0n) is 17.3. The van der Waals surface area contributed by atoms with Crippen molar-refractivity contribution in [1.82, 2.24) is 26.2 Å². The van der Waals surface area contributed by atoms with E-state index in [0.29, 0.717) is 30.0 Å². The molecule has 0 radical (unpaired) electrons. The number of hydrogen-bond donors (Lipinski definition) is 4. The molecule has 0 aromatic carbocycles. The maximum atomic E-state index is 12.9. The van der Waals surface area contributed by atoms with Gasteiger partial charge < -0.3 is 20.3 Å². The average Bonchev–Trinajstić information content (AvgIpc) is 3.31. The van der Waals surface area contributed by atoms with E-state index in [0.717, 1.165) is 19.3 Å². The lowest BCUT2D eigenvalue weighted by Gasteiger charge is -2.63. The number of hydrazine groups is 1. The van der Waals surface area contributed by atoms with E-state index in [9.17, 15) is 37.5 Å². The maximum absolute atomic E-state index is 12.9. The third-order valence-electron chi connectivity index (χ3n) is 6.49. The summed E-state index contributed by atoms with van der Waals surface area (Å²) in [5, 5.41) is 18.1. The molecule has 11 nitrogen and oxygen atoms in total. The van der Waals surface area contributed by atoms with Crippen LogP contribution in [0.15, 0.2) is 10.6 Å². The van der Waals surface area contributed by atoms with Gasteiger partial charge in [-0.25, -0.2) is 9.80 Å². The van der Waals surface area contributed by atoms with Crippen LogP contribution in [-0.4, -0.2) is 58.2 Å². The molecule has 14 heteroatoms. The number of alkyl halides is 3. The average molecular weight is 473 g/mol. The molecule has 2 unspecified atom stereocenters. The predicted octanol–water partition coefficient (Wildman–Crippen LogP) is 1.13.